The van der Waals surface area contributed by atoms with Gasteiger partial charge in [0.2, 0.25) is 11.8 Å². The molecule has 0 radical (unpaired) electrons. The number of hydrogen-bond acceptors (Lipinski definition) is 6. The molecule has 0 bridgehead atoms. The fraction of sp³-hybridized carbons (Fsp3) is 0.214. The highest BCUT2D eigenvalue weighted by molar-refractivity contribution is 8.00. The first-order valence-electron chi connectivity index (χ1n) is 6.00. The van der Waals surface area contributed by atoms with Gasteiger partial charge in [0, 0.05) is 5.02 Å². The summed E-state index contributed by atoms with van der Waals surface area (Å²) in [5.74, 6) is 0.750. The van der Waals surface area contributed by atoms with Gasteiger partial charge >= 0.3 is 0 Å². The molecule has 2 rings (SSSR count). The lowest BCUT2D eigenvalue weighted by Crippen LogP contribution is -2.00. The summed E-state index contributed by atoms with van der Waals surface area (Å²) in [6, 6.07) is 8.68. The van der Waals surface area contributed by atoms with Crippen LogP contribution in [0.15, 0.2) is 35.5 Å². The van der Waals surface area contributed by atoms with Crippen molar-refractivity contribution in [1.29, 1.82) is 0 Å². The third-order valence-corrected chi connectivity index (χ3v) is 3.88. The van der Waals surface area contributed by atoms with Crippen molar-refractivity contribution in [3.05, 3.63) is 40.9 Å². The van der Waals surface area contributed by atoms with Crippen LogP contribution in [0, 0.1) is 0 Å². The second-order valence-corrected chi connectivity index (χ2v) is 5.51. The van der Waals surface area contributed by atoms with Crippen LogP contribution < -0.4 is 9.47 Å². The van der Waals surface area contributed by atoms with E-state index in [1.807, 2.05) is 6.07 Å². The number of carbonyl (C=O) groups excluding carboxylic acids is 1. The number of ether oxygens (including phenoxy) is 2. The van der Waals surface area contributed by atoms with E-state index in [1.165, 1.54) is 26.0 Å². The minimum Gasteiger partial charge on any atom is -0.481 e. The van der Waals surface area contributed by atoms with Gasteiger partial charge < -0.3 is 14.3 Å². The fourth-order valence-electron chi connectivity index (χ4n) is 1.62. The number of hydrogen-bond donors (Lipinski definition) is 0. The average molecular weight is 325 g/mol. The van der Waals surface area contributed by atoms with Crippen molar-refractivity contribution in [3.63, 3.8) is 0 Å². The molecule has 5 nitrogen and oxygen atoms in total. The molecule has 0 saturated heterocycles. The molecule has 0 N–H and O–H groups in total. The molecule has 0 aliphatic carbocycles. The fourth-order valence-corrected chi connectivity index (χ4v) is 2.67. The number of carbonyl (C=O) groups is 1. The molecular formula is C14H13ClN2O3S. The van der Waals surface area contributed by atoms with Gasteiger partial charge in [-0.05, 0) is 17.7 Å². The summed E-state index contributed by atoms with van der Waals surface area (Å²) in [5.41, 5.74) is 0.785. The van der Waals surface area contributed by atoms with E-state index in [-0.39, 0.29) is 0 Å². The summed E-state index contributed by atoms with van der Waals surface area (Å²) in [6.45, 7) is 0. The van der Waals surface area contributed by atoms with Gasteiger partial charge in [0.15, 0.2) is 5.16 Å². The number of nitrogens with zero attached hydrogens (tertiary/aromatic N) is 2. The van der Waals surface area contributed by atoms with Crippen molar-refractivity contribution < 1.29 is 14.3 Å². The van der Waals surface area contributed by atoms with Crippen molar-refractivity contribution in [2.24, 2.45) is 0 Å². The molecule has 0 fully saturated rings. The molecule has 2 aromatic rings. The Morgan fingerprint density at radius 1 is 1.19 bits per heavy atom. The molecule has 0 aliphatic heterocycles. The van der Waals surface area contributed by atoms with Crippen molar-refractivity contribution in [3.8, 4) is 11.8 Å². The molecular weight excluding hydrogens is 312 g/mol. The zero-order valence-corrected chi connectivity index (χ0v) is 13.0. The number of methoxy groups -OCH3 is 2. The van der Waals surface area contributed by atoms with Gasteiger partial charge in [-0.15, -0.1) is 0 Å². The first kappa shape index (κ1) is 15.6. The number of thioether (sulfide) groups is 1. The van der Waals surface area contributed by atoms with E-state index in [9.17, 15) is 4.79 Å². The average Bonchev–Trinajstić information content (AvgIpc) is 2.52. The van der Waals surface area contributed by atoms with E-state index < -0.39 is 5.25 Å². The smallest absolute Gasteiger partial charge is 0.220 e. The largest absolute Gasteiger partial charge is 0.481 e. The summed E-state index contributed by atoms with van der Waals surface area (Å²) in [4.78, 5) is 19.7. The van der Waals surface area contributed by atoms with Crippen LogP contribution in [0.2, 0.25) is 5.02 Å². The predicted octanol–water partition coefficient (Wildman–Crippen LogP) is 3.18. The Morgan fingerprint density at radius 3 is 2.38 bits per heavy atom. The van der Waals surface area contributed by atoms with Crippen LogP contribution in [-0.2, 0) is 4.79 Å². The predicted molar refractivity (Wildman–Crippen MR) is 81.3 cm³/mol. The molecule has 1 unspecified atom stereocenters. The molecule has 0 spiro atoms. The van der Waals surface area contributed by atoms with Crippen molar-refractivity contribution in [1.82, 2.24) is 9.97 Å². The number of aldehydes is 1. The molecule has 1 aromatic heterocycles. The first-order valence-corrected chi connectivity index (χ1v) is 7.26. The standard InChI is InChI=1S/C14H13ClN2O3S/c1-19-12-7-13(20-2)17-14(16-12)21-11(8-18)9-4-3-5-10(15)6-9/h3-8,11H,1-2H3. The van der Waals surface area contributed by atoms with Crippen molar-refractivity contribution in [2.75, 3.05) is 14.2 Å². The van der Waals surface area contributed by atoms with E-state index in [4.69, 9.17) is 21.1 Å². The molecule has 1 atom stereocenters. The summed E-state index contributed by atoms with van der Waals surface area (Å²) in [5, 5.41) is 0.507. The topological polar surface area (TPSA) is 61.3 Å². The molecule has 110 valence electrons. The quantitative estimate of drug-likeness (QED) is 0.462. The Kier molecular flexibility index (Phi) is 5.41. The lowest BCUT2D eigenvalue weighted by atomic mass is 10.2. The van der Waals surface area contributed by atoms with Gasteiger partial charge in [-0.25, -0.2) is 0 Å². The van der Waals surface area contributed by atoms with Crippen LogP contribution in [0.4, 0.5) is 0 Å². The highest BCUT2D eigenvalue weighted by Gasteiger charge is 2.16. The number of halogens is 1. The van der Waals surface area contributed by atoms with Crippen molar-refractivity contribution >= 4 is 29.6 Å². The zero-order chi connectivity index (χ0) is 15.2. The second-order valence-electron chi connectivity index (χ2n) is 3.96. The zero-order valence-electron chi connectivity index (χ0n) is 11.4. The second kappa shape index (κ2) is 7.28. The normalized spacial score (nSPS) is 11.8. The lowest BCUT2D eigenvalue weighted by molar-refractivity contribution is -0.107. The van der Waals surface area contributed by atoms with Gasteiger partial charge in [0.05, 0.1) is 25.5 Å². The van der Waals surface area contributed by atoms with Gasteiger partial charge in [-0.3, -0.25) is 0 Å². The van der Waals surface area contributed by atoms with Gasteiger partial charge in [-0.1, -0.05) is 35.5 Å². The Balaban J connectivity index is 2.28. The SMILES string of the molecule is COc1cc(OC)nc(SC(C=O)c2cccc(Cl)c2)n1. The highest BCUT2D eigenvalue weighted by atomic mass is 35.5. The third-order valence-electron chi connectivity index (χ3n) is 2.61. The minimum absolute atomic E-state index is 0.375. The maximum absolute atomic E-state index is 11.3. The van der Waals surface area contributed by atoms with Crippen LogP contribution in [0.1, 0.15) is 10.8 Å². The lowest BCUT2D eigenvalue weighted by Gasteiger charge is -2.11. The molecule has 1 heterocycles. The molecule has 21 heavy (non-hydrogen) atoms. The highest BCUT2D eigenvalue weighted by Crippen LogP contribution is 2.34. The first-order chi connectivity index (χ1) is 10.2. The van der Waals surface area contributed by atoms with Crippen LogP contribution in [0.5, 0.6) is 11.8 Å². The maximum atomic E-state index is 11.3. The summed E-state index contributed by atoms with van der Waals surface area (Å²) >= 11 is 7.15. The Hall–Kier alpha value is -1.79. The van der Waals surface area contributed by atoms with Gasteiger partial charge in [-0.2, -0.15) is 9.97 Å². The Morgan fingerprint density at radius 2 is 1.86 bits per heavy atom. The number of benzene rings is 1. The summed E-state index contributed by atoms with van der Waals surface area (Å²) < 4.78 is 10.2. The van der Waals surface area contributed by atoms with E-state index in [1.54, 1.807) is 24.3 Å². The van der Waals surface area contributed by atoms with E-state index in [0.717, 1.165) is 11.8 Å². The van der Waals surface area contributed by atoms with Gasteiger partial charge in [0.1, 0.15) is 6.29 Å². The van der Waals surface area contributed by atoms with Crippen molar-refractivity contribution in [2.45, 2.75) is 10.4 Å². The van der Waals surface area contributed by atoms with E-state index in [0.29, 0.717) is 21.9 Å². The van der Waals surface area contributed by atoms with Crippen LogP contribution in [-0.4, -0.2) is 30.5 Å². The Labute approximate surface area is 131 Å². The molecule has 0 amide bonds. The maximum Gasteiger partial charge on any atom is 0.220 e. The van der Waals surface area contributed by atoms with Crippen LogP contribution >= 0.6 is 23.4 Å². The molecule has 0 saturated carbocycles. The number of rotatable bonds is 6. The van der Waals surface area contributed by atoms with E-state index in [2.05, 4.69) is 9.97 Å². The van der Waals surface area contributed by atoms with Gasteiger partial charge in [0.25, 0.3) is 0 Å². The van der Waals surface area contributed by atoms with Crippen LogP contribution in [0.25, 0.3) is 0 Å². The minimum atomic E-state index is -0.458. The van der Waals surface area contributed by atoms with Crippen LogP contribution in [0.3, 0.4) is 0 Å². The Bertz CT molecular complexity index is 617. The molecule has 1 aromatic carbocycles. The molecule has 0 aliphatic rings. The van der Waals surface area contributed by atoms with E-state index >= 15 is 0 Å². The summed E-state index contributed by atoms with van der Waals surface area (Å²) in [6.07, 6.45) is 0.825. The molecule has 7 heteroatoms. The third kappa shape index (κ3) is 4.09. The summed E-state index contributed by atoms with van der Waals surface area (Å²) in [7, 11) is 3.01. The monoisotopic (exact) mass is 324 g/mol. The number of aromatic nitrogens is 2.